The summed E-state index contributed by atoms with van der Waals surface area (Å²) in [6.07, 6.45) is 18.0. The fraction of sp³-hybridized carbons (Fsp3) is 0.857. The molecule has 0 aliphatic heterocycles. The minimum atomic E-state index is -0.800. The fourth-order valence-electron chi connectivity index (χ4n) is 2.65. The first-order chi connectivity index (χ1) is 12.2. The third-order valence-electron chi connectivity index (χ3n) is 4.26. The van der Waals surface area contributed by atoms with E-state index in [1.807, 2.05) is 6.08 Å². The predicted octanol–water partition coefficient (Wildman–Crippen LogP) is 4.57. The molecule has 0 radical (unpaired) electrons. The van der Waals surface area contributed by atoms with E-state index in [9.17, 15) is 4.79 Å². The van der Waals surface area contributed by atoms with Crippen LogP contribution in [0.1, 0.15) is 90.4 Å². The Morgan fingerprint density at radius 2 is 1.60 bits per heavy atom. The third kappa shape index (κ3) is 19.5. The Kier molecular flexibility index (Phi) is 19.1. The lowest BCUT2D eigenvalue weighted by molar-refractivity contribution is -0.114. The molecule has 0 aromatic heterocycles. The molecule has 1 atom stereocenters. The summed E-state index contributed by atoms with van der Waals surface area (Å²) in [6, 6.07) is 0. The molecule has 0 aliphatic carbocycles. The minimum Gasteiger partial charge on any atom is -0.394 e. The molecule has 0 saturated heterocycles. The number of carbonyl (C=O) groups is 1. The highest BCUT2D eigenvalue weighted by Crippen LogP contribution is 2.10. The molecular weight excluding hydrogens is 316 g/mol. The van der Waals surface area contributed by atoms with Crippen molar-refractivity contribution in [2.45, 2.75) is 96.5 Å². The van der Waals surface area contributed by atoms with E-state index in [1.165, 1.54) is 57.8 Å². The molecule has 4 heteroatoms. The monoisotopic (exact) mass is 356 g/mol. The van der Waals surface area contributed by atoms with Crippen molar-refractivity contribution in [1.29, 1.82) is 0 Å². The van der Waals surface area contributed by atoms with Crippen molar-refractivity contribution in [3.8, 4) is 0 Å². The van der Waals surface area contributed by atoms with E-state index in [-0.39, 0.29) is 19.0 Å². The summed E-state index contributed by atoms with van der Waals surface area (Å²) in [5.41, 5.74) is 0. The molecular formula is C21H40O4. The summed E-state index contributed by atoms with van der Waals surface area (Å²) in [7, 11) is 0. The van der Waals surface area contributed by atoms with Gasteiger partial charge in [0, 0.05) is 13.0 Å². The molecule has 0 aromatic rings. The topological polar surface area (TPSA) is 66.8 Å². The molecule has 4 nitrogen and oxygen atoms in total. The van der Waals surface area contributed by atoms with Crippen LogP contribution in [0.4, 0.5) is 0 Å². The number of carbonyl (C=O) groups excluding carboxylic acids is 1. The van der Waals surface area contributed by atoms with Gasteiger partial charge in [-0.3, -0.25) is 4.79 Å². The Bertz CT molecular complexity index is 315. The summed E-state index contributed by atoms with van der Waals surface area (Å²) >= 11 is 0. The lowest BCUT2D eigenvalue weighted by Crippen LogP contribution is -2.19. The van der Waals surface area contributed by atoms with E-state index in [4.69, 9.17) is 14.9 Å². The standard InChI is InChI=1S/C21H40O4/c1-2-3-4-5-6-7-8-9-10-11-12-15-20(23)16-13-14-17-25-19-21(24)18-22/h12,15,21-22,24H,2-11,13-14,16-19H2,1H3/t21-/m0/s1. The molecule has 148 valence electrons. The molecule has 0 rings (SSSR count). The van der Waals surface area contributed by atoms with E-state index in [2.05, 4.69) is 6.92 Å². The zero-order chi connectivity index (χ0) is 18.6. The minimum absolute atomic E-state index is 0.156. The highest BCUT2D eigenvalue weighted by atomic mass is 16.5. The van der Waals surface area contributed by atoms with Crippen LogP contribution in [0.15, 0.2) is 12.2 Å². The second-order valence-corrected chi connectivity index (χ2v) is 6.85. The number of unbranched alkanes of at least 4 members (excludes halogenated alkanes) is 10. The van der Waals surface area contributed by atoms with Crippen LogP contribution in [0.3, 0.4) is 0 Å². The molecule has 0 aromatic carbocycles. The van der Waals surface area contributed by atoms with Crippen molar-refractivity contribution in [1.82, 2.24) is 0 Å². The molecule has 0 saturated carbocycles. The molecule has 0 amide bonds. The van der Waals surface area contributed by atoms with Gasteiger partial charge in [0.05, 0.1) is 13.2 Å². The number of aliphatic hydroxyl groups is 2. The van der Waals surface area contributed by atoms with Gasteiger partial charge in [0.2, 0.25) is 0 Å². The van der Waals surface area contributed by atoms with Gasteiger partial charge in [-0.2, -0.15) is 0 Å². The van der Waals surface area contributed by atoms with Crippen molar-refractivity contribution in [2.75, 3.05) is 19.8 Å². The molecule has 0 spiro atoms. The Labute approximate surface area is 154 Å². The van der Waals surface area contributed by atoms with Crippen LogP contribution in [0.25, 0.3) is 0 Å². The maximum absolute atomic E-state index is 11.7. The van der Waals surface area contributed by atoms with Crippen molar-refractivity contribution >= 4 is 5.78 Å². The first kappa shape index (κ1) is 24.3. The summed E-state index contributed by atoms with van der Waals surface area (Å²) in [4.78, 5) is 11.7. The van der Waals surface area contributed by atoms with Gasteiger partial charge in [0.1, 0.15) is 6.10 Å². The zero-order valence-electron chi connectivity index (χ0n) is 16.3. The van der Waals surface area contributed by atoms with Crippen LogP contribution >= 0.6 is 0 Å². The lowest BCUT2D eigenvalue weighted by atomic mass is 10.1. The van der Waals surface area contributed by atoms with E-state index >= 15 is 0 Å². The van der Waals surface area contributed by atoms with Gasteiger partial charge in [-0.15, -0.1) is 0 Å². The van der Waals surface area contributed by atoms with Crippen LogP contribution in [0.5, 0.6) is 0 Å². The normalized spacial score (nSPS) is 12.8. The summed E-state index contributed by atoms with van der Waals surface area (Å²) in [5, 5.41) is 17.7. The molecule has 25 heavy (non-hydrogen) atoms. The Morgan fingerprint density at radius 1 is 0.960 bits per heavy atom. The number of ether oxygens (including phenoxy) is 1. The maximum atomic E-state index is 11.7. The Morgan fingerprint density at radius 3 is 2.24 bits per heavy atom. The zero-order valence-corrected chi connectivity index (χ0v) is 16.3. The smallest absolute Gasteiger partial charge is 0.155 e. The molecule has 0 heterocycles. The molecule has 0 unspecified atom stereocenters. The number of aliphatic hydroxyl groups excluding tert-OH is 2. The van der Waals surface area contributed by atoms with Gasteiger partial charge in [0.15, 0.2) is 5.78 Å². The lowest BCUT2D eigenvalue weighted by Gasteiger charge is -2.07. The molecule has 0 aliphatic rings. The number of allylic oxidation sites excluding steroid dienone is 2. The Balaban J connectivity index is 3.30. The number of ketones is 1. The highest BCUT2D eigenvalue weighted by Gasteiger charge is 2.01. The fourth-order valence-corrected chi connectivity index (χ4v) is 2.65. The van der Waals surface area contributed by atoms with Crippen LogP contribution in [0, 0.1) is 0 Å². The van der Waals surface area contributed by atoms with Gasteiger partial charge in [-0.1, -0.05) is 64.4 Å². The Hall–Kier alpha value is -0.710. The van der Waals surface area contributed by atoms with Crippen LogP contribution in [-0.4, -0.2) is 41.9 Å². The van der Waals surface area contributed by atoms with Gasteiger partial charge < -0.3 is 14.9 Å². The van der Waals surface area contributed by atoms with Crippen molar-refractivity contribution in [2.24, 2.45) is 0 Å². The molecule has 2 N–H and O–H groups in total. The van der Waals surface area contributed by atoms with E-state index in [0.717, 1.165) is 19.3 Å². The van der Waals surface area contributed by atoms with Crippen LogP contribution < -0.4 is 0 Å². The van der Waals surface area contributed by atoms with Crippen LogP contribution in [0.2, 0.25) is 0 Å². The van der Waals surface area contributed by atoms with E-state index < -0.39 is 6.10 Å². The third-order valence-corrected chi connectivity index (χ3v) is 4.26. The van der Waals surface area contributed by atoms with E-state index in [0.29, 0.717) is 13.0 Å². The average molecular weight is 357 g/mol. The molecule has 0 fully saturated rings. The number of rotatable bonds is 19. The average Bonchev–Trinajstić information content (AvgIpc) is 2.62. The van der Waals surface area contributed by atoms with Gasteiger partial charge in [-0.05, 0) is 31.8 Å². The first-order valence-corrected chi connectivity index (χ1v) is 10.3. The van der Waals surface area contributed by atoms with Crippen molar-refractivity contribution < 1.29 is 19.7 Å². The number of hydrogen-bond acceptors (Lipinski definition) is 4. The highest BCUT2D eigenvalue weighted by molar-refractivity contribution is 5.89. The maximum Gasteiger partial charge on any atom is 0.155 e. The van der Waals surface area contributed by atoms with Crippen molar-refractivity contribution in [3.05, 3.63) is 12.2 Å². The second-order valence-electron chi connectivity index (χ2n) is 6.85. The van der Waals surface area contributed by atoms with Gasteiger partial charge in [0.25, 0.3) is 0 Å². The van der Waals surface area contributed by atoms with Gasteiger partial charge >= 0.3 is 0 Å². The summed E-state index contributed by atoms with van der Waals surface area (Å²) in [5.74, 6) is 0.186. The van der Waals surface area contributed by atoms with E-state index in [1.54, 1.807) is 6.08 Å². The quantitative estimate of drug-likeness (QED) is 0.263. The van der Waals surface area contributed by atoms with Crippen LogP contribution in [-0.2, 0) is 9.53 Å². The second kappa shape index (κ2) is 19.6. The summed E-state index contributed by atoms with van der Waals surface area (Å²) in [6.45, 7) is 2.65. The predicted molar refractivity (Wildman–Crippen MR) is 104 cm³/mol. The summed E-state index contributed by atoms with van der Waals surface area (Å²) < 4.78 is 5.20. The number of hydrogen-bond donors (Lipinski definition) is 2. The SMILES string of the molecule is CCCCCCCCCCCC=CC(=O)CCCCOC[C@@H](O)CO. The largest absolute Gasteiger partial charge is 0.394 e. The molecule has 0 bridgehead atoms. The first-order valence-electron chi connectivity index (χ1n) is 10.3. The van der Waals surface area contributed by atoms with Crippen molar-refractivity contribution in [3.63, 3.8) is 0 Å². The van der Waals surface area contributed by atoms with Gasteiger partial charge in [-0.25, -0.2) is 0 Å².